The predicted octanol–water partition coefficient (Wildman–Crippen LogP) is 1.99. The number of hydrogen-bond acceptors (Lipinski definition) is 3. The molecular weight excluding hydrogens is 242 g/mol. The summed E-state index contributed by atoms with van der Waals surface area (Å²) in [5.41, 5.74) is 2.39. The van der Waals surface area contributed by atoms with Crippen LogP contribution in [0.4, 0.5) is 0 Å². The van der Waals surface area contributed by atoms with Gasteiger partial charge < -0.3 is 9.30 Å². The summed E-state index contributed by atoms with van der Waals surface area (Å²) < 4.78 is 6.16. The highest BCUT2D eigenvalue weighted by Gasteiger charge is 2.08. The van der Waals surface area contributed by atoms with Gasteiger partial charge in [-0.3, -0.25) is 4.79 Å². The molecular formula is C15H15NO3. The second-order valence-corrected chi connectivity index (χ2v) is 4.30. The standard InChI is InChI=1S/C15H15NO3/c1-11-5-3-4-6-12(11)9-16-10-13(15(18)19-2)7-8-14(16)17/h3-8,10H,9H2,1-2H3. The van der Waals surface area contributed by atoms with E-state index in [0.717, 1.165) is 11.1 Å². The van der Waals surface area contributed by atoms with E-state index in [1.54, 1.807) is 0 Å². The summed E-state index contributed by atoms with van der Waals surface area (Å²) in [6.45, 7) is 2.43. The fourth-order valence-corrected chi connectivity index (χ4v) is 1.86. The highest BCUT2D eigenvalue weighted by molar-refractivity contribution is 5.88. The number of pyridine rings is 1. The molecule has 0 amide bonds. The van der Waals surface area contributed by atoms with Gasteiger partial charge in [0.2, 0.25) is 0 Å². The molecule has 0 spiro atoms. The van der Waals surface area contributed by atoms with Crippen molar-refractivity contribution in [2.75, 3.05) is 7.11 Å². The van der Waals surface area contributed by atoms with Gasteiger partial charge in [0.05, 0.1) is 19.2 Å². The maximum absolute atomic E-state index is 11.8. The molecule has 1 aromatic carbocycles. The lowest BCUT2D eigenvalue weighted by Crippen LogP contribution is -2.21. The second kappa shape index (κ2) is 5.52. The summed E-state index contributed by atoms with van der Waals surface area (Å²) >= 11 is 0. The Labute approximate surface area is 111 Å². The molecule has 19 heavy (non-hydrogen) atoms. The molecule has 0 aliphatic rings. The Morgan fingerprint density at radius 3 is 2.63 bits per heavy atom. The lowest BCUT2D eigenvalue weighted by Gasteiger charge is -2.09. The predicted molar refractivity (Wildman–Crippen MR) is 72.3 cm³/mol. The van der Waals surface area contributed by atoms with E-state index >= 15 is 0 Å². The van der Waals surface area contributed by atoms with E-state index in [4.69, 9.17) is 0 Å². The quantitative estimate of drug-likeness (QED) is 0.790. The molecule has 0 aliphatic carbocycles. The minimum atomic E-state index is -0.446. The molecule has 1 aromatic heterocycles. The second-order valence-electron chi connectivity index (χ2n) is 4.30. The monoisotopic (exact) mass is 257 g/mol. The Bertz CT molecular complexity index is 658. The molecule has 2 rings (SSSR count). The van der Waals surface area contributed by atoms with Crippen molar-refractivity contribution in [3.05, 3.63) is 69.6 Å². The largest absolute Gasteiger partial charge is 0.465 e. The first-order valence-electron chi connectivity index (χ1n) is 5.95. The molecule has 0 saturated heterocycles. The number of carbonyl (C=O) groups is 1. The van der Waals surface area contributed by atoms with E-state index in [2.05, 4.69) is 4.74 Å². The molecule has 4 nitrogen and oxygen atoms in total. The SMILES string of the molecule is COC(=O)c1ccc(=O)n(Cc2ccccc2C)c1. The van der Waals surface area contributed by atoms with Crippen LogP contribution in [0.5, 0.6) is 0 Å². The van der Waals surface area contributed by atoms with Gasteiger partial charge in [0.25, 0.3) is 5.56 Å². The van der Waals surface area contributed by atoms with Crippen molar-refractivity contribution >= 4 is 5.97 Å². The molecule has 0 atom stereocenters. The van der Waals surface area contributed by atoms with Crippen LogP contribution in [-0.2, 0) is 11.3 Å². The van der Waals surface area contributed by atoms with Crippen LogP contribution >= 0.6 is 0 Å². The fraction of sp³-hybridized carbons (Fsp3) is 0.200. The van der Waals surface area contributed by atoms with E-state index in [1.807, 2.05) is 31.2 Å². The maximum Gasteiger partial charge on any atom is 0.339 e. The third-order valence-electron chi connectivity index (χ3n) is 3.01. The van der Waals surface area contributed by atoms with Gasteiger partial charge in [-0.1, -0.05) is 24.3 Å². The van der Waals surface area contributed by atoms with Gasteiger partial charge in [-0.15, -0.1) is 0 Å². The summed E-state index contributed by atoms with van der Waals surface area (Å²) in [5.74, 6) is -0.446. The number of esters is 1. The smallest absolute Gasteiger partial charge is 0.339 e. The first-order chi connectivity index (χ1) is 9.11. The molecule has 0 radical (unpaired) electrons. The van der Waals surface area contributed by atoms with Gasteiger partial charge in [0, 0.05) is 12.3 Å². The van der Waals surface area contributed by atoms with Crippen LogP contribution < -0.4 is 5.56 Å². The third kappa shape index (κ3) is 2.91. The van der Waals surface area contributed by atoms with E-state index < -0.39 is 5.97 Å². The number of aryl methyl sites for hydroxylation is 1. The van der Waals surface area contributed by atoms with Gasteiger partial charge in [-0.2, -0.15) is 0 Å². The summed E-state index contributed by atoms with van der Waals surface area (Å²) in [5, 5.41) is 0. The molecule has 0 unspecified atom stereocenters. The van der Waals surface area contributed by atoms with Crippen LogP contribution in [0, 0.1) is 6.92 Å². The zero-order chi connectivity index (χ0) is 13.8. The Kier molecular flexibility index (Phi) is 3.80. The molecule has 0 fully saturated rings. The highest BCUT2D eigenvalue weighted by atomic mass is 16.5. The lowest BCUT2D eigenvalue weighted by molar-refractivity contribution is 0.0599. The zero-order valence-corrected chi connectivity index (χ0v) is 10.9. The number of nitrogens with zero attached hydrogens (tertiary/aromatic N) is 1. The molecule has 98 valence electrons. The maximum atomic E-state index is 11.8. The van der Waals surface area contributed by atoms with Crippen LogP contribution in [0.1, 0.15) is 21.5 Å². The molecule has 0 saturated carbocycles. The van der Waals surface area contributed by atoms with Crippen LogP contribution in [0.15, 0.2) is 47.4 Å². The van der Waals surface area contributed by atoms with Crippen molar-refractivity contribution in [1.29, 1.82) is 0 Å². The third-order valence-corrected chi connectivity index (χ3v) is 3.01. The molecule has 0 aliphatic heterocycles. The van der Waals surface area contributed by atoms with Crippen molar-refractivity contribution in [2.24, 2.45) is 0 Å². The molecule has 4 heteroatoms. The van der Waals surface area contributed by atoms with Gasteiger partial charge in [0.1, 0.15) is 0 Å². The number of methoxy groups -OCH3 is 1. The van der Waals surface area contributed by atoms with E-state index in [-0.39, 0.29) is 5.56 Å². The van der Waals surface area contributed by atoms with Crippen molar-refractivity contribution in [1.82, 2.24) is 4.57 Å². The average Bonchev–Trinajstić information content (AvgIpc) is 2.42. The minimum Gasteiger partial charge on any atom is -0.465 e. The van der Waals surface area contributed by atoms with Crippen molar-refractivity contribution in [2.45, 2.75) is 13.5 Å². The summed E-state index contributed by atoms with van der Waals surface area (Å²) in [6, 6.07) is 10.7. The minimum absolute atomic E-state index is 0.143. The van der Waals surface area contributed by atoms with Crippen LogP contribution in [0.2, 0.25) is 0 Å². The molecule has 0 bridgehead atoms. The van der Waals surface area contributed by atoms with Crippen LogP contribution in [0.25, 0.3) is 0 Å². The van der Waals surface area contributed by atoms with Crippen molar-refractivity contribution in [3.63, 3.8) is 0 Å². The Balaban J connectivity index is 2.37. The lowest BCUT2D eigenvalue weighted by atomic mass is 10.1. The van der Waals surface area contributed by atoms with Gasteiger partial charge in [-0.25, -0.2) is 4.79 Å². The summed E-state index contributed by atoms with van der Waals surface area (Å²) in [6.07, 6.45) is 1.53. The van der Waals surface area contributed by atoms with E-state index in [9.17, 15) is 9.59 Å². The number of rotatable bonds is 3. The highest BCUT2D eigenvalue weighted by Crippen LogP contribution is 2.08. The number of aromatic nitrogens is 1. The number of hydrogen-bond donors (Lipinski definition) is 0. The fourth-order valence-electron chi connectivity index (χ4n) is 1.86. The van der Waals surface area contributed by atoms with Crippen molar-refractivity contribution < 1.29 is 9.53 Å². The van der Waals surface area contributed by atoms with Crippen LogP contribution in [-0.4, -0.2) is 17.6 Å². The first kappa shape index (κ1) is 13.1. The molecule has 0 N–H and O–H groups in total. The zero-order valence-electron chi connectivity index (χ0n) is 10.9. The Morgan fingerprint density at radius 1 is 1.21 bits per heavy atom. The van der Waals surface area contributed by atoms with Crippen molar-refractivity contribution in [3.8, 4) is 0 Å². The van der Waals surface area contributed by atoms with Gasteiger partial charge >= 0.3 is 5.97 Å². The normalized spacial score (nSPS) is 10.2. The topological polar surface area (TPSA) is 48.3 Å². The van der Waals surface area contributed by atoms with E-state index in [1.165, 1.54) is 30.0 Å². The molecule has 2 aromatic rings. The number of benzene rings is 1. The summed E-state index contributed by atoms with van der Waals surface area (Å²) in [4.78, 5) is 23.3. The Morgan fingerprint density at radius 2 is 1.95 bits per heavy atom. The molecule has 1 heterocycles. The van der Waals surface area contributed by atoms with Gasteiger partial charge in [-0.05, 0) is 24.1 Å². The number of ether oxygens (including phenoxy) is 1. The summed E-state index contributed by atoms with van der Waals surface area (Å²) in [7, 11) is 1.32. The first-order valence-corrected chi connectivity index (χ1v) is 5.95. The van der Waals surface area contributed by atoms with Crippen LogP contribution in [0.3, 0.4) is 0 Å². The average molecular weight is 257 g/mol. The van der Waals surface area contributed by atoms with E-state index in [0.29, 0.717) is 12.1 Å². The van der Waals surface area contributed by atoms with Gasteiger partial charge in [0.15, 0.2) is 0 Å². The Hall–Kier alpha value is -2.36. The number of carbonyl (C=O) groups excluding carboxylic acids is 1.